The smallest absolute Gasteiger partial charge is 0.124 e. The number of rotatable bonds is 6. The van der Waals surface area contributed by atoms with Crippen molar-refractivity contribution in [3.8, 4) is 11.8 Å². The van der Waals surface area contributed by atoms with Crippen molar-refractivity contribution in [2.75, 3.05) is 0 Å². The summed E-state index contributed by atoms with van der Waals surface area (Å²) in [7, 11) is 0. The predicted octanol–water partition coefficient (Wildman–Crippen LogP) is 5.23. The van der Waals surface area contributed by atoms with Gasteiger partial charge in [0.2, 0.25) is 0 Å². The van der Waals surface area contributed by atoms with E-state index >= 15 is 0 Å². The van der Waals surface area contributed by atoms with Gasteiger partial charge in [-0.2, -0.15) is 0 Å². The minimum atomic E-state index is -0.152. The zero-order valence-corrected chi connectivity index (χ0v) is 14.0. The van der Waals surface area contributed by atoms with E-state index in [1.807, 2.05) is 54.6 Å². The van der Waals surface area contributed by atoms with Crippen molar-refractivity contribution in [2.45, 2.75) is 33.0 Å². The first-order valence-electron chi connectivity index (χ1n) is 7.95. The van der Waals surface area contributed by atoms with Gasteiger partial charge in [0, 0.05) is 11.0 Å². The normalized spacial score (nSPS) is 12.1. The quantitative estimate of drug-likeness (QED) is 0.525. The molecule has 2 aromatic carbocycles. The lowest BCUT2D eigenvalue weighted by Gasteiger charge is -2.29. The molecule has 0 aliphatic carbocycles. The van der Waals surface area contributed by atoms with Crippen LogP contribution in [0.25, 0.3) is 0 Å². The Bertz CT molecular complexity index is 659. The van der Waals surface area contributed by atoms with Gasteiger partial charge < -0.3 is 4.74 Å². The fourth-order valence-corrected chi connectivity index (χ4v) is 2.37. The zero-order valence-electron chi connectivity index (χ0n) is 14.0. The van der Waals surface area contributed by atoms with Crippen molar-refractivity contribution < 1.29 is 4.74 Å². The van der Waals surface area contributed by atoms with E-state index in [9.17, 15) is 0 Å². The van der Waals surface area contributed by atoms with E-state index in [2.05, 4.69) is 44.4 Å². The average molecular weight is 304 g/mol. The van der Waals surface area contributed by atoms with Crippen LogP contribution in [0.5, 0.6) is 0 Å². The van der Waals surface area contributed by atoms with Crippen LogP contribution in [-0.2, 0) is 11.3 Å². The maximum Gasteiger partial charge on any atom is 0.124 e. The Kier molecular flexibility index (Phi) is 6.20. The molecule has 2 aromatic rings. The molecule has 0 heterocycles. The standard InChI is InChI=1S/C22H24O/c1-4-17-22(2,3)21(16-15-19-11-7-5-8-12-19)23-18-20-13-9-6-10-14-20/h4-14,21H,1,17-18H2,2-3H3. The molecule has 0 N–H and O–H groups in total. The lowest BCUT2D eigenvalue weighted by atomic mass is 9.83. The third-order valence-electron chi connectivity index (χ3n) is 3.76. The molecular formula is C22H24O. The van der Waals surface area contributed by atoms with Gasteiger partial charge in [-0.25, -0.2) is 0 Å². The summed E-state index contributed by atoms with van der Waals surface area (Å²) in [6.45, 7) is 8.77. The van der Waals surface area contributed by atoms with E-state index in [0.29, 0.717) is 6.61 Å². The Labute approximate surface area is 140 Å². The molecular weight excluding hydrogens is 280 g/mol. The fraction of sp³-hybridized carbons (Fsp3) is 0.273. The molecule has 1 unspecified atom stereocenters. The average Bonchev–Trinajstić information content (AvgIpc) is 2.56. The van der Waals surface area contributed by atoms with Crippen LogP contribution in [0.3, 0.4) is 0 Å². The fourth-order valence-electron chi connectivity index (χ4n) is 2.37. The van der Waals surface area contributed by atoms with Gasteiger partial charge in [-0.05, 0) is 24.1 Å². The summed E-state index contributed by atoms with van der Waals surface area (Å²) in [5.41, 5.74) is 2.09. The summed E-state index contributed by atoms with van der Waals surface area (Å²) in [6.07, 6.45) is 2.64. The summed E-state index contributed by atoms with van der Waals surface area (Å²) in [6, 6.07) is 20.2. The molecule has 0 saturated heterocycles. The molecule has 0 spiro atoms. The van der Waals surface area contributed by atoms with Gasteiger partial charge in [-0.15, -0.1) is 6.58 Å². The van der Waals surface area contributed by atoms with Gasteiger partial charge in [0.15, 0.2) is 0 Å². The van der Waals surface area contributed by atoms with Crippen LogP contribution in [0, 0.1) is 17.3 Å². The van der Waals surface area contributed by atoms with E-state index in [0.717, 1.165) is 17.5 Å². The SMILES string of the molecule is C=CCC(C)(C)C(C#Cc1ccccc1)OCc1ccccc1. The molecule has 2 rings (SSSR count). The summed E-state index contributed by atoms with van der Waals surface area (Å²) >= 11 is 0. The second kappa shape index (κ2) is 8.36. The van der Waals surface area contributed by atoms with Crippen molar-refractivity contribution >= 4 is 0 Å². The largest absolute Gasteiger partial charge is 0.360 e. The van der Waals surface area contributed by atoms with Crippen LogP contribution in [0.4, 0.5) is 0 Å². The molecule has 0 fully saturated rings. The first-order chi connectivity index (χ1) is 11.1. The molecule has 0 radical (unpaired) electrons. The maximum absolute atomic E-state index is 6.15. The Morgan fingerprint density at radius 3 is 2.26 bits per heavy atom. The van der Waals surface area contributed by atoms with E-state index in [1.165, 1.54) is 0 Å². The molecule has 118 valence electrons. The van der Waals surface area contributed by atoms with Gasteiger partial charge in [0.05, 0.1) is 6.61 Å². The number of hydrogen-bond acceptors (Lipinski definition) is 1. The first-order valence-corrected chi connectivity index (χ1v) is 7.95. The van der Waals surface area contributed by atoms with Crippen molar-refractivity contribution in [2.24, 2.45) is 5.41 Å². The van der Waals surface area contributed by atoms with Crippen molar-refractivity contribution in [3.63, 3.8) is 0 Å². The lowest BCUT2D eigenvalue weighted by molar-refractivity contribution is 0.00364. The molecule has 0 saturated carbocycles. The highest BCUT2D eigenvalue weighted by atomic mass is 16.5. The van der Waals surface area contributed by atoms with Crippen molar-refractivity contribution in [1.82, 2.24) is 0 Å². The summed E-state index contributed by atoms with van der Waals surface area (Å²) in [5, 5.41) is 0. The third-order valence-corrected chi connectivity index (χ3v) is 3.76. The molecule has 23 heavy (non-hydrogen) atoms. The number of allylic oxidation sites excluding steroid dienone is 1. The van der Waals surface area contributed by atoms with Crippen LogP contribution in [-0.4, -0.2) is 6.10 Å². The highest BCUT2D eigenvalue weighted by molar-refractivity contribution is 5.35. The van der Waals surface area contributed by atoms with Crippen LogP contribution < -0.4 is 0 Å². The van der Waals surface area contributed by atoms with Gasteiger partial charge in [-0.1, -0.05) is 80.3 Å². The zero-order chi connectivity index (χ0) is 16.5. The Balaban J connectivity index is 2.15. The van der Waals surface area contributed by atoms with E-state index in [-0.39, 0.29) is 11.5 Å². The summed E-state index contributed by atoms with van der Waals surface area (Å²) in [5.74, 6) is 6.55. The van der Waals surface area contributed by atoms with Crippen molar-refractivity contribution in [1.29, 1.82) is 0 Å². The molecule has 0 bridgehead atoms. The molecule has 0 aliphatic rings. The molecule has 1 nitrogen and oxygen atoms in total. The third kappa shape index (κ3) is 5.43. The molecule has 1 heteroatoms. The molecule has 0 amide bonds. The van der Waals surface area contributed by atoms with Crippen molar-refractivity contribution in [3.05, 3.63) is 84.4 Å². The molecule has 0 aliphatic heterocycles. The van der Waals surface area contributed by atoms with Crippen LogP contribution in [0.2, 0.25) is 0 Å². The van der Waals surface area contributed by atoms with Crippen LogP contribution >= 0.6 is 0 Å². The number of benzene rings is 2. The van der Waals surface area contributed by atoms with E-state index in [1.54, 1.807) is 0 Å². The first kappa shape index (κ1) is 17.1. The molecule has 0 aromatic heterocycles. The van der Waals surface area contributed by atoms with Gasteiger partial charge in [0.25, 0.3) is 0 Å². The maximum atomic E-state index is 6.15. The van der Waals surface area contributed by atoms with Crippen LogP contribution in [0.1, 0.15) is 31.4 Å². The summed E-state index contributed by atoms with van der Waals surface area (Å²) < 4.78 is 6.15. The number of hydrogen-bond donors (Lipinski definition) is 0. The second-order valence-electron chi connectivity index (χ2n) is 6.29. The molecule has 1 atom stereocenters. The highest BCUT2D eigenvalue weighted by Crippen LogP contribution is 2.28. The van der Waals surface area contributed by atoms with Crippen LogP contribution in [0.15, 0.2) is 73.3 Å². The Morgan fingerprint density at radius 1 is 1.04 bits per heavy atom. The van der Waals surface area contributed by atoms with E-state index < -0.39 is 0 Å². The second-order valence-corrected chi connectivity index (χ2v) is 6.29. The topological polar surface area (TPSA) is 9.23 Å². The number of ether oxygens (including phenoxy) is 1. The minimum Gasteiger partial charge on any atom is -0.360 e. The predicted molar refractivity (Wildman–Crippen MR) is 96.9 cm³/mol. The summed E-state index contributed by atoms with van der Waals surface area (Å²) in [4.78, 5) is 0. The van der Waals surface area contributed by atoms with Gasteiger partial charge in [0.1, 0.15) is 6.10 Å². The lowest BCUT2D eigenvalue weighted by Crippen LogP contribution is -2.30. The Hall–Kier alpha value is -2.30. The monoisotopic (exact) mass is 304 g/mol. The van der Waals surface area contributed by atoms with E-state index in [4.69, 9.17) is 4.74 Å². The highest BCUT2D eigenvalue weighted by Gasteiger charge is 2.27. The minimum absolute atomic E-state index is 0.0850. The van der Waals surface area contributed by atoms with Gasteiger partial charge in [-0.3, -0.25) is 0 Å². The Morgan fingerprint density at radius 2 is 1.65 bits per heavy atom. The van der Waals surface area contributed by atoms with Gasteiger partial charge >= 0.3 is 0 Å².